The number of hydrogen-bond acceptors (Lipinski definition) is 3. The molecule has 0 aromatic heterocycles. The fourth-order valence-corrected chi connectivity index (χ4v) is 1.97. The summed E-state index contributed by atoms with van der Waals surface area (Å²) < 4.78 is 0. The van der Waals surface area contributed by atoms with Crippen molar-refractivity contribution in [2.24, 2.45) is 5.92 Å². The maximum Gasteiger partial charge on any atom is 0.308 e. The number of aromatic hydroxyl groups is 1. The minimum absolute atomic E-state index is 0.0636. The summed E-state index contributed by atoms with van der Waals surface area (Å²) in [5.41, 5.74) is 0.796. The average molecular weight is 235 g/mol. The lowest BCUT2D eigenvalue weighted by Crippen LogP contribution is -2.25. The Balaban J connectivity index is 2.05. The second-order valence-electron chi connectivity index (χ2n) is 4.18. The molecule has 0 saturated carbocycles. The van der Waals surface area contributed by atoms with E-state index < -0.39 is 11.9 Å². The van der Waals surface area contributed by atoms with E-state index in [0.29, 0.717) is 6.54 Å². The standard InChI is InChI=1S/C12H13NO4/c14-10-3-1-2-8(4-10)6-13-7-9(12(16)17)5-11(13)15/h1-4,9,14H,5-7H2,(H,16,17). The highest BCUT2D eigenvalue weighted by Gasteiger charge is 2.33. The highest BCUT2D eigenvalue weighted by molar-refractivity contribution is 5.86. The van der Waals surface area contributed by atoms with E-state index in [1.54, 1.807) is 24.3 Å². The number of likely N-dealkylation sites (tertiary alicyclic amines) is 1. The zero-order chi connectivity index (χ0) is 12.4. The predicted molar refractivity (Wildman–Crippen MR) is 59.3 cm³/mol. The van der Waals surface area contributed by atoms with E-state index in [-0.39, 0.29) is 24.6 Å². The molecule has 1 amide bonds. The Bertz CT molecular complexity index is 458. The molecule has 5 nitrogen and oxygen atoms in total. The first-order valence-electron chi connectivity index (χ1n) is 5.35. The fraction of sp³-hybridized carbons (Fsp3) is 0.333. The van der Waals surface area contributed by atoms with Crippen molar-refractivity contribution in [2.45, 2.75) is 13.0 Å². The van der Waals surface area contributed by atoms with Gasteiger partial charge in [0.25, 0.3) is 0 Å². The largest absolute Gasteiger partial charge is 0.508 e. The number of rotatable bonds is 3. The number of carboxylic acids is 1. The van der Waals surface area contributed by atoms with Crippen LogP contribution in [0.15, 0.2) is 24.3 Å². The molecule has 1 saturated heterocycles. The molecule has 0 spiro atoms. The SMILES string of the molecule is O=C(O)C1CC(=O)N(Cc2cccc(O)c2)C1. The highest BCUT2D eigenvalue weighted by atomic mass is 16.4. The summed E-state index contributed by atoms with van der Waals surface area (Å²) in [6, 6.07) is 6.61. The Morgan fingerprint density at radius 1 is 1.47 bits per heavy atom. The third kappa shape index (κ3) is 2.55. The van der Waals surface area contributed by atoms with Gasteiger partial charge in [-0.3, -0.25) is 9.59 Å². The van der Waals surface area contributed by atoms with Crippen LogP contribution in [0.5, 0.6) is 5.75 Å². The van der Waals surface area contributed by atoms with E-state index in [0.717, 1.165) is 5.56 Å². The number of phenolic OH excluding ortho intramolecular Hbond substituents is 1. The number of nitrogens with zero attached hydrogens (tertiary/aromatic N) is 1. The van der Waals surface area contributed by atoms with Gasteiger partial charge in [-0.1, -0.05) is 12.1 Å². The molecule has 1 aliphatic heterocycles. The average Bonchev–Trinajstić information content (AvgIpc) is 2.61. The van der Waals surface area contributed by atoms with Crippen molar-refractivity contribution in [3.05, 3.63) is 29.8 Å². The van der Waals surface area contributed by atoms with Crippen LogP contribution in [0, 0.1) is 5.92 Å². The quantitative estimate of drug-likeness (QED) is 0.813. The first-order valence-corrected chi connectivity index (χ1v) is 5.35. The number of carboxylic acid groups (broad SMARTS) is 1. The van der Waals surface area contributed by atoms with Gasteiger partial charge in [0.2, 0.25) is 5.91 Å². The molecule has 1 heterocycles. The van der Waals surface area contributed by atoms with Crippen LogP contribution in [0.1, 0.15) is 12.0 Å². The second kappa shape index (κ2) is 4.45. The van der Waals surface area contributed by atoms with Crippen LogP contribution in [0.4, 0.5) is 0 Å². The number of phenols is 1. The molecule has 1 unspecified atom stereocenters. The molecule has 0 bridgehead atoms. The summed E-state index contributed by atoms with van der Waals surface area (Å²) in [5.74, 6) is -1.55. The van der Waals surface area contributed by atoms with Gasteiger partial charge in [0, 0.05) is 19.5 Å². The fourth-order valence-electron chi connectivity index (χ4n) is 1.97. The molecule has 0 radical (unpaired) electrons. The van der Waals surface area contributed by atoms with E-state index in [4.69, 9.17) is 5.11 Å². The van der Waals surface area contributed by atoms with Crippen molar-refractivity contribution < 1.29 is 19.8 Å². The van der Waals surface area contributed by atoms with Gasteiger partial charge in [0.05, 0.1) is 5.92 Å². The predicted octanol–water partition coefficient (Wildman–Crippen LogP) is 0.825. The molecular formula is C12H13NO4. The number of carbonyl (C=O) groups is 2. The number of amides is 1. The summed E-state index contributed by atoms with van der Waals surface area (Å²) in [6.45, 7) is 0.584. The third-order valence-corrected chi connectivity index (χ3v) is 2.85. The summed E-state index contributed by atoms with van der Waals surface area (Å²) in [4.78, 5) is 23.9. The van der Waals surface area contributed by atoms with Gasteiger partial charge in [0.15, 0.2) is 0 Å². The summed E-state index contributed by atoms with van der Waals surface area (Å²) in [7, 11) is 0. The molecule has 5 heteroatoms. The molecular weight excluding hydrogens is 222 g/mol. The molecule has 0 aliphatic carbocycles. The van der Waals surface area contributed by atoms with Gasteiger partial charge in [-0.25, -0.2) is 0 Å². The van der Waals surface area contributed by atoms with Gasteiger partial charge in [-0.15, -0.1) is 0 Å². The Morgan fingerprint density at radius 2 is 2.24 bits per heavy atom. The molecule has 1 fully saturated rings. The number of hydrogen-bond donors (Lipinski definition) is 2. The van der Waals surface area contributed by atoms with E-state index in [1.807, 2.05) is 0 Å². The van der Waals surface area contributed by atoms with Crippen LogP contribution in [0.25, 0.3) is 0 Å². The Labute approximate surface area is 98.3 Å². The minimum atomic E-state index is -0.934. The molecule has 1 aliphatic rings. The first kappa shape index (κ1) is 11.4. The van der Waals surface area contributed by atoms with Gasteiger partial charge >= 0.3 is 5.97 Å². The Hall–Kier alpha value is -2.04. The van der Waals surface area contributed by atoms with E-state index in [1.165, 1.54) is 4.90 Å². The summed E-state index contributed by atoms with van der Waals surface area (Å²) >= 11 is 0. The van der Waals surface area contributed by atoms with Gasteiger partial charge in [-0.2, -0.15) is 0 Å². The van der Waals surface area contributed by atoms with Crippen LogP contribution in [-0.2, 0) is 16.1 Å². The van der Waals surface area contributed by atoms with Gasteiger partial charge in [0.1, 0.15) is 5.75 Å². The van der Waals surface area contributed by atoms with Gasteiger partial charge in [-0.05, 0) is 17.7 Å². The Kier molecular flexibility index (Phi) is 2.99. The maximum atomic E-state index is 11.6. The monoisotopic (exact) mass is 235 g/mol. The maximum absolute atomic E-state index is 11.6. The van der Waals surface area contributed by atoms with Crippen LogP contribution in [0.2, 0.25) is 0 Å². The lowest BCUT2D eigenvalue weighted by Gasteiger charge is -2.15. The van der Waals surface area contributed by atoms with Crippen molar-refractivity contribution in [3.63, 3.8) is 0 Å². The van der Waals surface area contributed by atoms with Crippen molar-refractivity contribution in [3.8, 4) is 5.75 Å². The Morgan fingerprint density at radius 3 is 2.82 bits per heavy atom. The molecule has 17 heavy (non-hydrogen) atoms. The van der Waals surface area contributed by atoms with Crippen molar-refractivity contribution in [2.75, 3.05) is 6.54 Å². The van der Waals surface area contributed by atoms with E-state index >= 15 is 0 Å². The molecule has 2 N–H and O–H groups in total. The lowest BCUT2D eigenvalue weighted by molar-refractivity contribution is -0.141. The van der Waals surface area contributed by atoms with Gasteiger partial charge < -0.3 is 15.1 Å². The smallest absolute Gasteiger partial charge is 0.308 e. The summed E-state index contributed by atoms with van der Waals surface area (Å²) in [6.07, 6.45) is 0.0636. The molecule has 90 valence electrons. The van der Waals surface area contributed by atoms with Crippen molar-refractivity contribution in [1.29, 1.82) is 0 Å². The summed E-state index contributed by atoms with van der Waals surface area (Å²) in [5, 5.41) is 18.1. The van der Waals surface area contributed by atoms with Crippen LogP contribution >= 0.6 is 0 Å². The minimum Gasteiger partial charge on any atom is -0.508 e. The van der Waals surface area contributed by atoms with Crippen molar-refractivity contribution in [1.82, 2.24) is 4.90 Å². The molecule has 2 rings (SSSR count). The van der Waals surface area contributed by atoms with Crippen LogP contribution < -0.4 is 0 Å². The zero-order valence-corrected chi connectivity index (χ0v) is 9.17. The van der Waals surface area contributed by atoms with Crippen LogP contribution in [0.3, 0.4) is 0 Å². The molecule has 1 atom stereocenters. The lowest BCUT2D eigenvalue weighted by atomic mass is 10.1. The number of carbonyl (C=O) groups excluding carboxylic acids is 1. The molecule has 1 aromatic rings. The van der Waals surface area contributed by atoms with E-state index in [9.17, 15) is 14.7 Å². The van der Waals surface area contributed by atoms with E-state index in [2.05, 4.69) is 0 Å². The number of aliphatic carboxylic acids is 1. The number of benzene rings is 1. The van der Waals surface area contributed by atoms with Crippen LogP contribution in [-0.4, -0.2) is 33.5 Å². The zero-order valence-electron chi connectivity index (χ0n) is 9.17. The first-order chi connectivity index (χ1) is 8.06. The topological polar surface area (TPSA) is 77.8 Å². The molecule has 1 aromatic carbocycles. The normalized spacial score (nSPS) is 19.6. The second-order valence-corrected chi connectivity index (χ2v) is 4.18. The third-order valence-electron chi connectivity index (χ3n) is 2.85. The van der Waals surface area contributed by atoms with Crippen molar-refractivity contribution >= 4 is 11.9 Å². The highest BCUT2D eigenvalue weighted by Crippen LogP contribution is 2.21.